The van der Waals surface area contributed by atoms with Gasteiger partial charge in [0.2, 0.25) is 0 Å². The number of carbonyl (C=O) groups excluding carboxylic acids is 1. The van der Waals surface area contributed by atoms with Crippen LogP contribution in [-0.4, -0.2) is 22.5 Å². The first-order valence-electron chi connectivity index (χ1n) is 9.15. The monoisotopic (exact) mass is 421 g/mol. The van der Waals surface area contributed by atoms with Gasteiger partial charge in [-0.1, -0.05) is 36.4 Å². The number of hydrogen-bond donors (Lipinski definition) is 2. The number of nitrogens with zero attached hydrogens (tertiary/aromatic N) is 1. The third kappa shape index (κ3) is 6.11. The van der Waals surface area contributed by atoms with Crippen molar-refractivity contribution >= 4 is 34.6 Å². The van der Waals surface area contributed by atoms with Gasteiger partial charge in [-0.05, 0) is 48.1 Å². The number of carbonyl (C=O) groups is 1. The largest absolute Gasteiger partial charge is 0.493 e. The Kier molecular flexibility index (Phi) is 7.07. The Morgan fingerprint density at radius 1 is 1.00 bits per heavy atom. The number of rotatable bonds is 7. The molecule has 0 bridgehead atoms. The number of non-ortho nitro benzene ring substituents is 1. The van der Waals surface area contributed by atoms with Crippen molar-refractivity contribution in [1.29, 1.82) is 0 Å². The molecule has 0 aliphatic carbocycles. The molecule has 3 rings (SSSR count). The summed E-state index contributed by atoms with van der Waals surface area (Å²) in [6, 6.07) is 22.7. The Balaban J connectivity index is 1.48. The van der Waals surface area contributed by atoms with Gasteiger partial charge in [0, 0.05) is 29.8 Å². The van der Waals surface area contributed by atoms with Crippen LogP contribution in [0.3, 0.4) is 0 Å². The first-order chi connectivity index (χ1) is 14.5. The van der Waals surface area contributed by atoms with E-state index in [-0.39, 0.29) is 16.4 Å². The van der Waals surface area contributed by atoms with E-state index >= 15 is 0 Å². The van der Waals surface area contributed by atoms with E-state index in [0.717, 1.165) is 12.2 Å². The number of benzene rings is 3. The molecule has 0 spiro atoms. The highest BCUT2D eigenvalue weighted by molar-refractivity contribution is 7.80. The molecule has 2 N–H and O–H groups in total. The molecule has 0 aromatic heterocycles. The second-order valence-electron chi connectivity index (χ2n) is 6.32. The average Bonchev–Trinajstić information content (AvgIpc) is 2.75. The Morgan fingerprint density at radius 2 is 1.73 bits per heavy atom. The molecular weight excluding hydrogens is 402 g/mol. The van der Waals surface area contributed by atoms with Crippen LogP contribution in [0.2, 0.25) is 0 Å². The summed E-state index contributed by atoms with van der Waals surface area (Å²) in [4.78, 5) is 22.5. The van der Waals surface area contributed by atoms with Crippen molar-refractivity contribution in [1.82, 2.24) is 5.32 Å². The minimum atomic E-state index is -0.559. The van der Waals surface area contributed by atoms with Crippen LogP contribution in [-0.2, 0) is 6.42 Å². The van der Waals surface area contributed by atoms with Crippen molar-refractivity contribution in [2.75, 3.05) is 11.9 Å². The van der Waals surface area contributed by atoms with Crippen molar-refractivity contribution in [2.24, 2.45) is 0 Å². The number of nitro benzene ring substituents is 1. The van der Waals surface area contributed by atoms with Crippen LogP contribution in [0, 0.1) is 10.1 Å². The Morgan fingerprint density at radius 3 is 2.43 bits per heavy atom. The van der Waals surface area contributed by atoms with Gasteiger partial charge in [-0.15, -0.1) is 0 Å². The van der Waals surface area contributed by atoms with Crippen molar-refractivity contribution < 1.29 is 14.5 Å². The van der Waals surface area contributed by atoms with Crippen molar-refractivity contribution in [3.05, 3.63) is 100 Å². The minimum absolute atomic E-state index is 0.0873. The van der Waals surface area contributed by atoms with E-state index < -0.39 is 10.8 Å². The molecular formula is C22H19N3O4S. The minimum Gasteiger partial charge on any atom is -0.493 e. The third-order valence-electron chi connectivity index (χ3n) is 4.16. The van der Waals surface area contributed by atoms with Gasteiger partial charge in [0.1, 0.15) is 5.75 Å². The SMILES string of the molecule is O=C(NC(=S)Nc1ccc(OCCc2ccccc2)cc1)c1cccc([N+](=O)[O-])c1. The highest BCUT2D eigenvalue weighted by Crippen LogP contribution is 2.16. The highest BCUT2D eigenvalue weighted by atomic mass is 32.1. The number of hydrogen-bond acceptors (Lipinski definition) is 5. The maximum absolute atomic E-state index is 12.2. The average molecular weight is 421 g/mol. The van der Waals surface area contributed by atoms with E-state index in [2.05, 4.69) is 22.8 Å². The normalized spacial score (nSPS) is 10.1. The number of nitro groups is 1. The van der Waals surface area contributed by atoms with Crippen LogP contribution in [0.5, 0.6) is 5.75 Å². The molecule has 0 aliphatic heterocycles. The van der Waals surface area contributed by atoms with E-state index in [9.17, 15) is 14.9 Å². The summed E-state index contributed by atoms with van der Waals surface area (Å²) in [6.45, 7) is 0.564. The molecule has 3 aromatic carbocycles. The van der Waals surface area contributed by atoms with Gasteiger partial charge in [-0.2, -0.15) is 0 Å². The molecule has 0 fully saturated rings. The van der Waals surface area contributed by atoms with Crippen molar-refractivity contribution in [2.45, 2.75) is 6.42 Å². The van der Waals surface area contributed by atoms with Gasteiger partial charge in [-0.25, -0.2) is 0 Å². The van der Waals surface area contributed by atoms with Crippen molar-refractivity contribution in [3.8, 4) is 5.75 Å². The Labute approximate surface area is 178 Å². The number of ether oxygens (including phenoxy) is 1. The van der Waals surface area contributed by atoms with Gasteiger partial charge in [0.05, 0.1) is 11.5 Å². The summed E-state index contributed by atoms with van der Waals surface area (Å²) in [5.74, 6) is 0.195. The number of anilines is 1. The Hall–Kier alpha value is -3.78. The lowest BCUT2D eigenvalue weighted by Gasteiger charge is -2.11. The molecule has 0 heterocycles. The van der Waals surface area contributed by atoms with Gasteiger partial charge in [-0.3, -0.25) is 20.2 Å². The smallest absolute Gasteiger partial charge is 0.270 e. The molecule has 8 heteroatoms. The lowest BCUT2D eigenvalue weighted by atomic mass is 10.2. The first-order valence-corrected chi connectivity index (χ1v) is 9.56. The zero-order valence-electron chi connectivity index (χ0n) is 15.9. The number of thiocarbonyl (C=S) groups is 1. The maximum Gasteiger partial charge on any atom is 0.270 e. The van der Waals surface area contributed by atoms with Gasteiger partial charge in [0.25, 0.3) is 11.6 Å². The summed E-state index contributed by atoms with van der Waals surface area (Å²) in [5.41, 5.74) is 1.87. The van der Waals surface area contributed by atoms with Gasteiger partial charge >= 0.3 is 0 Å². The van der Waals surface area contributed by atoms with Gasteiger partial charge < -0.3 is 10.1 Å². The molecule has 30 heavy (non-hydrogen) atoms. The summed E-state index contributed by atoms with van der Waals surface area (Å²) < 4.78 is 5.74. The summed E-state index contributed by atoms with van der Waals surface area (Å²) in [6.07, 6.45) is 0.814. The molecule has 0 atom stereocenters. The Bertz CT molecular complexity index is 1040. The van der Waals surface area contributed by atoms with Crippen LogP contribution in [0.4, 0.5) is 11.4 Å². The third-order valence-corrected chi connectivity index (χ3v) is 4.36. The van der Waals surface area contributed by atoms with E-state index in [0.29, 0.717) is 12.3 Å². The van der Waals surface area contributed by atoms with Gasteiger partial charge in [0.15, 0.2) is 5.11 Å². The zero-order valence-corrected chi connectivity index (χ0v) is 16.7. The zero-order chi connectivity index (χ0) is 21.3. The van der Waals surface area contributed by atoms with Crippen LogP contribution in [0.1, 0.15) is 15.9 Å². The number of amides is 1. The fraction of sp³-hybridized carbons (Fsp3) is 0.0909. The lowest BCUT2D eigenvalue weighted by Crippen LogP contribution is -2.34. The summed E-state index contributed by atoms with van der Waals surface area (Å²) in [7, 11) is 0. The standard InChI is InChI=1S/C22H19N3O4S/c26-21(17-7-4-8-19(15-17)25(27)28)24-22(30)23-18-9-11-20(12-10-18)29-14-13-16-5-2-1-3-6-16/h1-12,15H,13-14H2,(H2,23,24,26,30). The van der Waals surface area contributed by atoms with Crippen LogP contribution < -0.4 is 15.4 Å². The second kappa shape index (κ2) is 10.1. The molecule has 0 unspecified atom stereocenters. The van der Waals surface area contributed by atoms with E-state index in [1.807, 2.05) is 18.2 Å². The molecule has 0 saturated carbocycles. The molecule has 1 amide bonds. The highest BCUT2D eigenvalue weighted by Gasteiger charge is 2.12. The number of nitrogens with one attached hydrogen (secondary N) is 2. The molecule has 7 nitrogen and oxygen atoms in total. The summed E-state index contributed by atoms with van der Waals surface area (Å²) in [5, 5.41) is 16.3. The quantitative estimate of drug-likeness (QED) is 0.335. The molecule has 0 aliphatic rings. The lowest BCUT2D eigenvalue weighted by molar-refractivity contribution is -0.384. The van der Waals surface area contributed by atoms with Crippen molar-refractivity contribution in [3.63, 3.8) is 0 Å². The molecule has 3 aromatic rings. The fourth-order valence-electron chi connectivity index (χ4n) is 2.66. The summed E-state index contributed by atoms with van der Waals surface area (Å²) >= 11 is 5.15. The van der Waals surface area contributed by atoms with Crippen LogP contribution in [0.25, 0.3) is 0 Å². The molecule has 0 saturated heterocycles. The van der Waals surface area contributed by atoms with Crippen LogP contribution in [0.15, 0.2) is 78.9 Å². The first kappa shape index (κ1) is 20.9. The van der Waals surface area contributed by atoms with Crippen LogP contribution >= 0.6 is 12.2 Å². The maximum atomic E-state index is 12.2. The predicted molar refractivity (Wildman–Crippen MR) is 119 cm³/mol. The van der Waals surface area contributed by atoms with E-state index in [1.165, 1.54) is 29.8 Å². The molecule has 0 radical (unpaired) electrons. The molecule has 152 valence electrons. The predicted octanol–water partition coefficient (Wildman–Crippen LogP) is 4.34. The fourth-order valence-corrected chi connectivity index (χ4v) is 2.87. The van der Waals surface area contributed by atoms with E-state index in [4.69, 9.17) is 17.0 Å². The second-order valence-corrected chi connectivity index (χ2v) is 6.73. The topological polar surface area (TPSA) is 93.5 Å². The van der Waals surface area contributed by atoms with E-state index in [1.54, 1.807) is 24.3 Å².